The van der Waals surface area contributed by atoms with Crippen molar-refractivity contribution in [3.8, 4) is 0 Å². The number of ether oxygens (including phenoxy) is 1. The molecule has 0 aliphatic carbocycles. The SMILES string of the molecule is CCCCCCCCC1(CCCCCCCCCOP(=O)(O)OC2CC[N+](C)(C)CC2)OCC(C)(C)N1[O-]. The lowest BCUT2D eigenvalue weighted by molar-refractivity contribution is -0.896. The predicted molar refractivity (Wildman–Crippen MR) is 155 cm³/mol. The second kappa shape index (κ2) is 16.4. The molecule has 8 nitrogen and oxygen atoms in total. The molecule has 0 saturated carbocycles. The van der Waals surface area contributed by atoms with Crippen molar-refractivity contribution in [3.05, 3.63) is 5.21 Å². The molecule has 226 valence electrons. The van der Waals surface area contributed by atoms with Crippen LogP contribution in [0.2, 0.25) is 0 Å². The molecule has 9 heteroatoms. The summed E-state index contributed by atoms with van der Waals surface area (Å²) in [5.74, 6) is 0. The summed E-state index contributed by atoms with van der Waals surface area (Å²) in [5, 5.41) is 14.4. The summed E-state index contributed by atoms with van der Waals surface area (Å²) in [4.78, 5) is 10.0. The van der Waals surface area contributed by atoms with Crippen molar-refractivity contribution >= 4 is 7.82 Å². The van der Waals surface area contributed by atoms with E-state index in [0.29, 0.717) is 6.61 Å². The molecule has 0 bridgehead atoms. The van der Waals surface area contributed by atoms with Gasteiger partial charge in [0.15, 0.2) is 0 Å². The minimum atomic E-state index is -3.97. The monoisotopic (exact) mass is 562 g/mol. The summed E-state index contributed by atoms with van der Waals surface area (Å²) >= 11 is 0. The van der Waals surface area contributed by atoms with Gasteiger partial charge in [0, 0.05) is 18.4 Å². The number of quaternary nitrogens is 1. The van der Waals surface area contributed by atoms with Crippen molar-refractivity contribution in [2.45, 2.75) is 147 Å². The molecule has 2 aliphatic rings. The Balaban J connectivity index is 1.54. The minimum Gasteiger partial charge on any atom is -0.783 e. The molecule has 0 aromatic heterocycles. The number of unbranched alkanes of at least 4 members (excludes halogenated alkanes) is 11. The third-order valence-electron chi connectivity index (χ3n) is 8.40. The highest BCUT2D eigenvalue weighted by molar-refractivity contribution is 7.47. The topological polar surface area (TPSA) is 91.3 Å². The van der Waals surface area contributed by atoms with Gasteiger partial charge in [0.05, 0.1) is 46.5 Å². The van der Waals surface area contributed by atoms with Crippen molar-refractivity contribution in [1.29, 1.82) is 0 Å². The fourth-order valence-corrected chi connectivity index (χ4v) is 6.78. The Labute approximate surface area is 233 Å². The second-order valence-corrected chi connectivity index (χ2v) is 14.5. The van der Waals surface area contributed by atoms with E-state index in [1.165, 1.54) is 37.2 Å². The van der Waals surface area contributed by atoms with E-state index in [9.17, 15) is 14.7 Å². The highest BCUT2D eigenvalue weighted by Gasteiger charge is 2.45. The van der Waals surface area contributed by atoms with Crippen LogP contribution >= 0.6 is 7.82 Å². The van der Waals surface area contributed by atoms with Crippen LogP contribution in [0.25, 0.3) is 0 Å². The minimum absolute atomic E-state index is 0.184. The van der Waals surface area contributed by atoms with Crippen molar-refractivity contribution in [2.75, 3.05) is 40.4 Å². The van der Waals surface area contributed by atoms with Crippen molar-refractivity contribution in [1.82, 2.24) is 5.06 Å². The van der Waals surface area contributed by atoms with Gasteiger partial charge < -0.3 is 24.4 Å². The van der Waals surface area contributed by atoms with E-state index in [1.54, 1.807) is 0 Å². The van der Waals surface area contributed by atoms with Crippen LogP contribution in [-0.4, -0.2) is 72.2 Å². The molecule has 0 aromatic rings. The van der Waals surface area contributed by atoms with Gasteiger partial charge in [-0.15, -0.1) is 0 Å². The molecule has 38 heavy (non-hydrogen) atoms. The number of likely N-dealkylation sites (tertiary alicyclic amines) is 1. The number of nitrogens with zero attached hydrogens (tertiary/aromatic N) is 2. The molecule has 1 N–H and O–H groups in total. The van der Waals surface area contributed by atoms with Crippen LogP contribution < -0.4 is 0 Å². The Morgan fingerprint density at radius 1 is 0.921 bits per heavy atom. The van der Waals surface area contributed by atoms with E-state index < -0.39 is 19.1 Å². The maximum absolute atomic E-state index is 13.1. The van der Waals surface area contributed by atoms with Crippen LogP contribution in [0.5, 0.6) is 0 Å². The normalized spacial score (nSPS) is 25.6. The Kier molecular flexibility index (Phi) is 14.7. The van der Waals surface area contributed by atoms with Gasteiger partial charge in [0.1, 0.15) is 5.72 Å². The summed E-state index contributed by atoms with van der Waals surface area (Å²) in [5.41, 5.74) is -1.08. The van der Waals surface area contributed by atoms with Gasteiger partial charge in [0.2, 0.25) is 0 Å². The van der Waals surface area contributed by atoms with E-state index in [4.69, 9.17) is 13.8 Å². The zero-order valence-electron chi connectivity index (χ0n) is 25.3. The zero-order valence-corrected chi connectivity index (χ0v) is 26.2. The maximum Gasteiger partial charge on any atom is 0.472 e. The summed E-state index contributed by atoms with van der Waals surface area (Å²) < 4.78 is 30.0. The number of hydrogen-bond donors (Lipinski definition) is 1. The van der Waals surface area contributed by atoms with Crippen LogP contribution in [0.3, 0.4) is 0 Å². The summed E-state index contributed by atoms with van der Waals surface area (Å²) in [6, 6.07) is 0. The fraction of sp³-hybridized carbons (Fsp3) is 1.00. The number of phosphoric acid groups is 1. The van der Waals surface area contributed by atoms with Gasteiger partial charge in [-0.3, -0.25) is 9.05 Å². The van der Waals surface area contributed by atoms with Gasteiger partial charge in [-0.05, 0) is 46.0 Å². The fourth-order valence-electron chi connectivity index (χ4n) is 5.77. The summed E-state index contributed by atoms with van der Waals surface area (Å²) in [6.45, 7) is 8.88. The van der Waals surface area contributed by atoms with Crippen LogP contribution in [0.1, 0.15) is 130 Å². The molecule has 2 fully saturated rings. The zero-order chi connectivity index (χ0) is 28.1. The summed E-state index contributed by atoms with van der Waals surface area (Å²) in [7, 11) is 0.372. The third kappa shape index (κ3) is 12.2. The lowest BCUT2D eigenvalue weighted by Crippen LogP contribution is -2.48. The van der Waals surface area contributed by atoms with Crippen molar-refractivity contribution < 1.29 is 27.7 Å². The number of piperidine rings is 1. The standard InChI is InChI=1S/C29H59N2O6P/c1-6-7-8-9-13-16-21-29(30(32)28(2,3)26-35-29)22-17-14-11-10-12-15-18-25-36-38(33,34)37-27-19-23-31(4,5)24-20-27/h27H,6-26H2,1-5H3,(H,33,34). The van der Waals surface area contributed by atoms with Gasteiger partial charge >= 0.3 is 7.82 Å². The molecule has 2 heterocycles. The van der Waals surface area contributed by atoms with Gasteiger partial charge in [-0.2, -0.15) is 0 Å². The van der Waals surface area contributed by atoms with Crippen LogP contribution in [-0.2, 0) is 18.3 Å². The van der Waals surface area contributed by atoms with Crippen LogP contribution in [0, 0.1) is 5.21 Å². The molecule has 0 radical (unpaired) electrons. The molecule has 2 rings (SSSR count). The lowest BCUT2D eigenvalue weighted by atomic mass is 9.95. The Morgan fingerprint density at radius 2 is 1.42 bits per heavy atom. The Bertz CT molecular complexity index is 697. The van der Waals surface area contributed by atoms with E-state index in [2.05, 4.69) is 21.0 Å². The van der Waals surface area contributed by atoms with Crippen LogP contribution in [0.15, 0.2) is 0 Å². The third-order valence-corrected chi connectivity index (χ3v) is 9.47. The maximum atomic E-state index is 13.1. The molecule has 0 spiro atoms. The number of hydroxylamine groups is 2. The smallest absolute Gasteiger partial charge is 0.472 e. The van der Waals surface area contributed by atoms with E-state index in [0.717, 1.165) is 94.6 Å². The number of phosphoric ester groups is 1. The average molecular weight is 563 g/mol. The van der Waals surface area contributed by atoms with Gasteiger partial charge in [-0.1, -0.05) is 71.1 Å². The largest absolute Gasteiger partial charge is 0.783 e. The van der Waals surface area contributed by atoms with Crippen molar-refractivity contribution in [3.63, 3.8) is 0 Å². The van der Waals surface area contributed by atoms with E-state index >= 15 is 0 Å². The molecule has 0 aromatic carbocycles. The number of rotatable bonds is 20. The van der Waals surface area contributed by atoms with E-state index in [-0.39, 0.29) is 12.7 Å². The molecule has 2 aliphatic heterocycles. The quantitative estimate of drug-likeness (QED) is 0.0931. The number of hydrogen-bond acceptors (Lipinski definition) is 6. The van der Waals surface area contributed by atoms with Crippen molar-refractivity contribution in [2.24, 2.45) is 0 Å². The molecule has 2 saturated heterocycles. The molecule has 2 unspecified atom stereocenters. The first-order chi connectivity index (χ1) is 17.9. The first kappa shape index (κ1) is 34.2. The predicted octanol–water partition coefficient (Wildman–Crippen LogP) is 7.54. The molecule has 2 atom stereocenters. The highest BCUT2D eigenvalue weighted by atomic mass is 31.2. The molecular weight excluding hydrogens is 503 g/mol. The summed E-state index contributed by atoms with van der Waals surface area (Å²) in [6.07, 6.45) is 17.6. The van der Waals surface area contributed by atoms with E-state index in [1.807, 2.05) is 13.8 Å². The average Bonchev–Trinajstić information content (AvgIpc) is 3.08. The molecule has 0 amide bonds. The highest BCUT2D eigenvalue weighted by Crippen LogP contribution is 2.46. The Morgan fingerprint density at radius 3 is 1.92 bits per heavy atom. The van der Waals surface area contributed by atoms with Gasteiger partial charge in [0.25, 0.3) is 0 Å². The lowest BCUT2D eigenvalue weighted by Gasteiger charge is -2.48. The first-order valence-electron chi connectivity index (χ1n) is 15.5. The Hall–Kier alpha value is -0.0500. The molecular formula is C29H59N2O6P. The van der Waals surface area contributed by atoms with Gasteiger partial charge in [-0.25, -0.2) is 4.57 Å². The second-order valence-electron chi connectivity index (χ2n) is 13.1. The van der Waals surface area contributed by atoms with Crippen LogP contribution in [0.4, 0.5) is 0 Å². The first-order valence-corrected chi connectivity index (χ1v) is 17.0.